The van der Waals surface area contributed by atoms with E-state index in [1.165, 1.54) is 22.9 Å². The Morgan fingerprint density at radius 1 is 1.30 bits per heavy atom. The number of alkyl carbamates (subject to hydrolysis) is 1. The molecule has 0 saturated heterocycles. The van der Waals surface area contributed by atoms with Crippen molar-refractivity contribution in [3.63, 3.8) is 0 Å². The third-order valence-electron chi connectivity index (χ3n) is 4.19. The van der Waals surface area contributed by atoms with Crippen LogP contribution in [-0.4, -0.2) is 21.9 Å². The van der Waals surface area contributed by atoms with Gasteiger partial charge in [-0.3, -0.25) is 0 Å². The normalized spacial score (nSPS) is 13.9. The van der Waals surface area contributed by atoms with Crippen molar-refractivity contribution < 1.29 is 13.9 Å². The number of nitrogens with zero attached hydrogens (tertiary/aromatic N) is 2. The number of ether oxygens (including phenoxy) is 1. The molecule has 7 heteroatoms. The van der Waals surface area contributed by atoms with E-state index in [-0.39, 0.29) is 12.0 Å². The molecule has 0 aliphatic carbocycles. The van der Waals surface area contributed by atoms with E-state index >= 15 is 0 Å². The van der Waals surface area contributed by atoms with Crippen LogP contribution < -0.4 is 5.32 Å². The molecule has 2 atom stereocenters. The van der Waals surface area contributed by atoms with E-state index in [1.807, 2.05) is 39.8 Å². The Kier molecular flexibility index (Phi) is 7.30. The second kappa shape index (κ2) is 9.26. The monoisotopic (exact) mass is 391 g/mol. The quantitative estimate of drug-likeness (QED) is 0.647. The van der Waals surface area contributed by atoms with Gasteiger partial charge in [-0.25, -0.2) is 4.79 Å². The lowest BCUT2D eigenvalue weighted by Gasteiger charge is -2.24. The van der Waals surface area contributed by atoms with Crippen molar-refractivity contribution in [3.8, 4) is 0 Å². The van der Waals surface area contributed by atoms with E-state index in [0.717, 1.165) is 12.2 Å². The van der Waals surface area contributed by atoms with Crippen molar-refractivity contribution in [1.29, 1.82) is 0 Å². The highest BCUT2D eigenvalue weighted by Crippen LogP contribution is 2.28. The molecular formula is C20H29N3O3S. The van der Waals surface area contributed by atoms with Crippen LogP contribution in [0, 0.1) is 12.8 Å². The van der Waals surface area contributed by atoms with E-state index in [2.05, 4.69) is 41.5 Å². The van der Waals surface area contributed by atoms with Crippen molar-refractivity contribution in [1.82, 2.24) is 15.5 Å². The Labute approximate surface area is 165 Å². The maximum absolute atomic E-state index is 12.2. The number of carbonyl (C=O) groups excluding carboxylic acids is 1. The summed E-state index contributed by atoms with van der Waals surface area (Å²) in [6.07, 6.45) is 0.370. The zero-order valence-corrected chi connectivity index (χ0v) is 17.7. The molecule has 0 bridgehead atoms. The zero-order valence-electron chi connectivity index (χ0n) is 16.9. The van der Waals surface area contributed by atoms with Crippen LogP contribution in [0.25, 0.3) is 0 Å². The smallest absolute Gasteiger partial charge is 0.408 e. The first kappa shape index (κ1) is 21.3. The molecule has 2 aromatic rings. The Morgan fingerprint density at radius 2 is 2.00 bits per heavy atom. The summed E-state index contributed by atoms with van der Waals surface area (Å²) in [5, 5.41) is 11.7. The van der Waals surface area contributed by atoms with Crippen LogP contribution >= 0.6 is 11.8 Å². The number of amides is 1. The summed E-state index contributed by atoms with van der Waals surface area (Å²) >= 11 is 1.49. The van der Waals surface area contributed by atoms with Gasteiger partial charge in [0.15, 0.2) is 0 Å². The fourth-order valence-corrected chi connectivity index (χ4v) is 3.28. The maximum Gasteiger partial charge on any atom is 0.408 e. The molecule has 148 valence electrons. The maximum atomic E-state index is 12.2. The summed E-state index contributed by atoms with van der Waals surface area (Å²) in [4.78, 5) is 12.2. The van der Waals surface area contributed by atoms with Crippen LogP contribution in [0.3, 0.4) is 0 Å². The van der Waals surface area contributed by atoms with Gasteiger partial charge in [0.05, 0.1) is 0 Å². The van der Waals surface area contributed by atoms with Gasteiger partial charge >= 0.3 is 6.09 Å². The van der Waals surface area contributed by atoms with Crippen LogP contribution in [0.2, 0.25) is 0 Å². The van der Waals surface area contributed by atoms with E-state index in [9.17, 15) is 4.79 Å². The molecule has 1 heterocycles. The van der Waals surface area contributed by atoms with Gasteiger partial charge in [-0.15, -0.1) is 10.2 Å². The van der Waals surface area contributed by atoms with Gasteiger partial charge in [-0.2, -0.15) is 0 Å². The fourth-order valence-electron chi connectivity index (χ4n) is 2.43. The number of rotatable bonds is 7. The SMILES string of the molecule is CC[C@H](C)[C@H](NC(=O)OC(C)(C)C)c1nnc(SCc2ccccc2C)o1. The summed E-state index contributed by atoms with van der Waals surface area (Å²) < 4.78 is 11.2. The second-order valence-corrected chi connectivity index (χ2v) is 8.56. The van der Waals surface area contributed by atoms with Gasteiger partial charge in [0, 0.05) is 5.75 Å². The topological polar surface area (TPSA) is 77.2 Å². The van der Waals surface area contributed by atoms with Crippen LogP contribution in [0.15, 0.2) is 33.9 Å². The van der Waals surface area contributed by atoms with Gasteiger partial charge in [-0.05, 0) is 44.7 Å². The molecule has 0 saturated carbocycles. The lowest BCUT2D eigenvalue weighted by Crippen LogP contribution is -2.37. The minimum absolute atomic E-state index is 0.132. The number of aromatic nitrogens is 2. The van der Waals surface area contributed by atoms with Crippen LogP contribution in [0.1, 0.15) is 64.1 Å². The predicted octanol–water partition coefficient (Wildman–Crippen LogP) is 5.28. The number of aryl methyl sites for hydroxylation is 1. The van der Waals surface area contributed by atoms with Gasteiger partial charge < -0.3 is 14.5 Å². The van der Waals surface area contributed by atoms with E-state index in [1.54, 1.807) is 0 Å². The summed E-state index contributed by atoms with van der Waals surface area (Å²) in [5.41, 5.74) is 1.90. The summed E-state index contributed by atoms with van der Waals surface area (Å²) in [5.74, 6) is 1.29. The summed E-state index contributed by atoms with van der Waals surface area (Å²) in [6.45, 7) is 11.7. The highest BCUT2D eigenvalue weighted by atomic mass is 32.2. The predicted molar refractivity (Wildman–Crippen MR) is 107 cm³/mol. The van der Waals surface area contributed by atoms with Crippen molar-refractivity contribution in [2.75, 3.05) is 0 Å². The average molecular weight is 392 g/mol. The van der Waals surface area contributed by atoms with Crippen molar-refractivity contribution in [2.24, 2.45) is 5.92 Å². The van der Waals surface area contributed by atoms with Gasteiger partial charge in [0.25, 0.3) is 5.22 Å². The molecule has 27 heavy (non-hydrogen) atoms. The number of carbonyl (C=O) groups is 1. The van der Waals surface area contributed by atoms with Crippen molar-refractivity contribution in [3.05, 3.63) is 41.3 Å². The summed E-state index contributed by atoms with van der Waals surface area (Å²) in [6, 6.07) is 7.83. The highest BCUT2D eigenvalue weighted by molar-refractivity contribution is 7.98. The Balaban J connectivity index is 2.06. The molecule has 6 nitrogen and oxygen atoms in total. The lowest BCUT2D eigenvalue weighted by molar-refractivity contribution is 0.0474. The highest BCUT2D eigenvalue weighted by Gasteiger charge is 2.28. The number of thioether (sulfide) groups is 1. The van der Waals surface area contributed by atoms with Gasteiger partial charge in [0.2, 0.25) is 5.89 Å². The Bertz CT molecular complexity index is 755. The molecule has 0 spiro atoms. The standard InChI is InChI=1S/C20H29N3O3S/c1-7-13(2)16(21-18(24)26-20(4,5)6)17-22-23-19(25-17)27-12-15-11-9-8-10-14(15)3/h8-11,13,16H,7,12H2,1-6H3,(H,21,24)/t13-,16-/m0/s1. The fraction of sp³-hybridized carbons (Fsp3) is 0.550. The third kappa shape index (κ3) is 6.57. The first-order valence-electron chi connectivity index (χ1n) is 9.19. The third-order valence-corrected chi connectivity index (χ3v) is 5.05. The van der Waals surface area contributed by atoms with E-state index < -0.39 is 11.7 Å². The molecule has 0 aliphatic heterocycles. The molecule has 0 aliphatic rings. The molecule has 2 rings (SSSR count). The number of nitrogens with one attached hydrogen (secondary N) is 1. The first-order valence-corrected chi connectivity index (χ1v) is 10.2. The molecule has 0 radical (unpaired) electrons. The van der Waals surface area contributed by atoms with Gasteiger partial charge in [-0.1, -0.05) is 56.3 Å². The average Bonchev–Trinajstić information content (AvgIpc) is 3.05. The largest absolute Gasteiger partial charge is 0.444 e. The Hall–Kier alpha value is -2.02. The molecule has 0 unspecified atom stereocenters. The minimum atomic E-state index is -0.562. The molecular weight excluding hydrogens is 362 g/mol. The number of hydrogen-bond acceptors (Lipinski definition) is 6. The van der Waals surface area contributed by atoms with Crippen LogP contribution in [-0.2, 0) is 10.5 Å². The van der Waals surface area contributed by atoms with Gasteiger partial charge in [0.1, 0.15) is 11.6 Å². The van der Waals surface area contributed by atoms with E-state index in [0.29, 0.717) is 11.1 Å². The molecule has 1 N–H and O–H groups in total. The minimum Gasteiger partial charge on any atom is -0.444 e. The molecule has 1 aromatic carbocycles. The van der Waals surface area contributed by atoms with E-state index in [4.69, 9.17) is 9.15 Å². The summed E-state index contributed by atoms with van der Waals surface area (Å²) in [7, 11) is 0. The number of benzene rings is 1. The molecule has 0 fully saturated rings. The first-order chi connectivity index (χ1) is 12.7. The number of hydrogen-bond donors (Lipinski definition) is 1. The second-order valence-electron chi connectivity index (χ2n) is 7.63. The van der Waals surface area contributed by atoms with Crippen LogP contribution in [0.4, 0.5) is 4.79 Å². The van der Waals surface area contributed by atoms with Crippen LogP contribution in [0.5, 0.6) is 0 Å². The Morgan fingerprint density at radius 3 is 2.63 bits per heavy atom. The molecule has 1 aromatic heterocycles. The van der Waals surface area contributed by atoms with Crippen molar-refractivity contribution in [2.45, 2.75) is 70.6 Å². The lowest BCUT2D eigenvalue weighted by atomic mass is 9.99. The van der Waals surface area contributed by atoms with Crippen molar-refractivity contribution >= 4 is 17.9 Å². The zero-order chi connectivity index (χ0) is 20.0. The molecule has 1 amide bonds.